The number of anilines is 1. The van der Waals surface area contributed by atoms with E-state index in [1.165, 1.54) is 0 Å². The van der Waals surface area contributed by atoms with Crippen LogP contribution in [0.4, 0.5) is 5.82 Å². The predicted molar refractivity (Wildman–Crippen MR) is 64.0 cm³/mol. The van der Waals surface area contributed by atoms with E-state index in [0.29, 0.717) is 6.04 Å². The number of nitrogens with one attached hydrogen (secondary N) is 1. The third kappa shape index (κ3) is 3.92. The number of hydrogen-bond donors (Lipinski definition) is 2. The molecule has 0 radical (unpaired) electrons. The van der Waals surface area contributed by atoms with Gasteiger partial charge in [0.2, 0.25) is 5.91 Å². The van der Waals surface area contributed by atoms with Crippen LogP contribution in [0, 0.1) is 0 Å². The second kappa shape index (κ2) is 6.15. The minimum atomic E-state index is -0.379. The molecule has 0 spiro atoms. The minimum absolute atomic E-state index is 0.131. The largest absolute Gasteiger partial charge is 0.368 e. The quantitative estimate of drug-likeness (QED) is 0.734. The molecule has 0 aliphatic heterocycles. The Labute approximate surface area is 96.0 Å². The van der Waals surface area contributed by atoms with Gasteiger partial charge < -0.3 is 11.1 Å². The van der Waals surface area contributed by atoms with Gasteiger partial charge in [0, 0.05) is 18.3 Å². The van der Waals surface area contributed by atoms with E-state index < -0.39 is 0 Å². The molecule has 0 saturated carbocycles. The molecule has 1 aromatic rings. The first kappa shape index (κ1) is 12.5. The fourth-order valence-electron chi connectivity index (χ4n) is 1.62. The van der Waals surface area contributed by atoms with Gasteiger partial charge >= 0.3 is 0 Å². The molecule has 90 valence electrons. The van der Waals surface area contributed by atoms with Crippen LogP contribution in [0.3, 0.4) is 0 Å². The zero-order chi connectivity index (χ0) is 12.0. The van der Waals surface area contributed by atoms with Crippen molar-refractivity contribution >= 4 is 11.7 Å². The molecule has 1 heterocycles. The summed E-state index contributed by atoms with van der Waals surface area (Å²) in [6.07, 6.45) is 5.09. The maximum Gasteiger partial charge on any atom is 0.239 e. The summed E-state index contributed by atoms with van der Waals surface area (Å²) in [5.74, 6) is 0.428. The SMILES string of the molecule is CCCC(CC)Nc1ccn(CC(N)=O)n1. The normalized spacial score (nSPS) is 12.4. The first-order chi connectivity index (χ1) is 7.65. The van der Waals surface area contributed by atoms with Crippen molar-refractivity contribution in [3.63, 3.8) is 0 Å². The van der Waals surface area contributed by atoms with Crippen LogP contribution in [0.15, 0.2) is 12.3 Å². The number of hydrogen-bond acceptors (Lipinski definition) is 3. The Morgan fingerprint density at radius 2 is 2.38 bits per heavy atom. The number of aromatic nitrogens is 2. The fourth-order valence-corrected chi connectivity index (χ4v) is 1.62. The van der Waals surface area contributed by atoms with Crippen molar-refractivity contribution < 1.29 is 4.79 Å². The molecule has 5 nitrogen and oxygen atoms in total. The number of nitrogens with two attached hydrogens (primary N) is 1. The van der Waals surface area contributed by atoms with E-state index >= 15 is 0 Å². The lowest BCUT2D eigenvalue weighted by Gasteiger charge is -2.14. The molecule has 0 aromatic carbocycles. The van der Waals surface area contributed by atoms with E-state index in [1.54, 1.807) is 10.9 Å². The van der Waals surface area contributed by atoms with E-state index in [4.69, 9.17) is 5.73 Å². The fraction of sp³-hybridized carbons (Fsp3) is 0.636. The van der Waals surface area contributed by atoms with Crippen molar-refractivity contribution in [1.29, 1.82) is 0 Å². The van der Waals surface area contributed by atoms with Gasteiger partial charge in [-0.1, -0.05) is 20.3 Å². The average molecular weight is 224 g/mol. The Hall–Kier alpha value is -1.52. The van der Waals surface area contributed by atoms with E-state index in [-0.39, 0.29) is 12.5 Å². The second-order valence-electron chi connectivity index (χ2n) is 3.90. The van der Waals surface area contributed by atoms with Crippen molar-refractivity contribution in [2.75, 3.05) is 5.32 Å². The molecule has 0 saturated heterocycles. The van der Waals surface area contributed by atoms with Gasteiger partial charge in [-0.15, -0.1) is 0 Å². The molecule has 1 amide bonds. The van der Waals surface area contributed by atoms with Gasteiger partial charge in [-0.05, 0) is 12.8 Å². The number of amides is 1. The van der Waals surface area contributed by atoms with Crippen LogP contribution in [0.1, 0.15) is 33.1 Å². The highest BCUT2D eigenvalue weighted by Crippen LogP contribution is 2.10. The van der Waals surface area contributed by atoms with Crippen LogP contribution < -0.4 is 11.1 Å². The van der Waals surface area contributed by atoms with Crippen molar-refractivity contribution in [2.24, 2.45) is 5.73 Å². The van der Waals surface area contributed by atoms with Gasteiger partial charge in [0.05, 0.1) is 0 Å². The number of nitrogens with zero attached hydrogens (tertiary/aromatic N) is 2. The number of carbonyl (C=O) groups excluding carboxylic acids is 1. The van der Waals surface area contributed by atoms with Gasteiger partial charge in [-0.2, -0.15) is 5.10 Å². The van der Waals surface area contributed by atoms with Crippen LogP contribution in [-0.4, -0.2) is 21.7 Å². The van der Waals surface area contributed by atoms with E-state index in [0.717, 1.165) is 25.1 Å². The van der Waals surface area contributed by atoms with Crippen molar-refractivity contribution in [3.8, 4) is 0 Å². The Morgan fingerprint density at radius 3 is 2.94 bits per heavy atom. The number of primary amides is 1. The number of rotatable bonds is 7. The summed E-state index contributed by atoms with van der Waals surface area (Å²) in [6.45, 7) is 4.44. The summed E-state index contributed by atoms with van der Waals surface area (Å²) < 4.78 is 1.54. The zero-order valence-electron chi connectivity index (χ0n) is 9.94. The minimum Gasteiger partial charge on any atom is -0.368 e. The van der Waals surface area contributed by atoms with Crippen molar-refractivity contribution in [2.45, 2.75) is 45.7 Å². The monoisotopic (exact) mass is 224 g/mol. The summed E-state index contributed by atoms with van der Waals surface area (Å²) >= 11 is 0. The molecule has 1 rings (SSSR count). The summed E-state index contributed by atoms with van der Waals surface area (Å²) in [4.78, 5) is 10.7. The summed E-state index contributed by atoms with van der Waals surface area (Å²) in [5, 5.41) is 7.56. The topological polar surface area (TPSA) is 72.9 Å². The van der Waals surface area contributed by atoms with Crippen LogP contribution >= 0.6 is 0 Å². The summed E-state index contributed by atoms with van der Waals surface area (Å²) in [7, 11) is 0. The Bertz CT molecular complexity index is 334. The molecular weight excluding hydrogens is 204 g/mol. The third-order valence-electron chi connectivity index (χ3n) is 2.44. The molecule has 0 aliphatic rings. The van der Waals surface area contributed by atoms with E-state index in [9.17, 15) is 4.79 Å². The molecule has 1 atom stereocenters. The molecule has 0 bridgehead atoms. The van der Waals surface area contributed by atoms with Crippen molar-refractivity contribution in [3.05, 3.63) is 12.3 Å². The van der Waals surface area contributed by atoms with Gasteiger partial charge in [0.15, 0.2) is 0 Å². The number of carbonyl (C=O) groups is 1. The zero-order valence-corrected chi connectivity index (χ0v) is 9.94. The highest BCUT2D eigenvalue weighted by molar-refractivity contribution is 5.73. The maximum atomic E-state index is 10.7. The van der Waals surface area contributed by atoms with Gasteiger partial charge in [0.1, 0.15) is 12.4 Å². The molecule has 5 heteroatoms. The highest BCUT2D eigenvalue weighted by atomic mass is 16.1. The molecule has 1 unspecified atom stereocenters. The predicted octanol–water partition coefficient (Wildman–Crippen LogP) is 1.36. The summed E-state index contributed by atoms with van der Waals surface area (Å²) in [6, 6.07) is 2.31. The Morgan fingerprint density at radius 1 is 1.62 bits per heavy atom. The standard InChI is InChI=1S/C11H20N4O/c1-3-5-9(4-2)13-11-6-7-15(14-11)8-10(12)16/h6-7,9H,3-5,8H2,1-2H3,(H2,12,16)(H,13,14). The lowest BCUT2D eigenvalue weighted by atomic mass is 10.1. The first-order valence-corrected chi connectivity index (χ1v) is 5.74. The molecule has 0 fully saturated rings. The maximum absolute atomic E-state index is 10.7. The van der Waals surface area contributed by atoms with Crippen LogP contribution in [0.5, 0.6) is 0 Å². The second-order valence-corrected chi connectivity index (χ2v) is 3.90. The van der Waals surface area contributed by atoms with E-state index in [2.05, 4.69) is 24.3 Å². The molecule has 16 heavy (non-hydrogen) atoms. The lowest BCUT2D eigenvalue weighted by molar-refractivity contribution is -0.118. The van der Waals surface area contributed by atoms with Crippen molar-refractivity contribution in [1.82, 2.24) is 9.78 Å². The first-order valence-electron chi connectivity index (χ1n) is 5.74. The third-order valence-corrected chi connectivity index (χ3v) is 2.44. The Balaban J connectivity index is 2.53. The van der Waals surface area contributed by atoms with E-state index in [1.807, 2.05) is 6.07 Å². The lowest BCUT2D eigenvalue weighted by Crippen LogP contribution is -2.20. The Kier molecular flexibility index (Phi) is 4.82. The molecular formula is C11H20N4O. The van der Waals surface area contributed by atoms with Crippen LogP contribution in [0.25, 0.3) is 0 Å². The smallest absolute Gasteiger partial charge is 0.239 e. The van der Waals surface area contributed by atoms with Crippen LogP contribution in [-0.2, 0) is 11.3 Å². The average Bonchev–Trinajstić information content (AvgIpc) is 2.64. The van der Waals surface area contributed by atoms with Gasteiger partial charge in [0.25, 0.3) is 0 Å². The molecule has 3 N–H and O–H groups in total. The summed E-state index contributed by atoms with van der Waals surface area (Å²) in [5.41, 5.74) is 5.09. The molecule has 0 aliphatic carbocycles. The van der Waals surface area contributed by atoms with Gasteiger partial charge in [-0.3, -0.25) is 9.48 Å². The molecule has 1 aromatic heterocycles. The van der Waals surface area contributed by atoms with Crippen LogP contribution in [0.2, 0.25) is 0 Å². The highest BCUT2D eigenvalue weighted by Gasteiger charge is 2.07. The van der Waals surface area contributed by atoms with Gasteiger partial charge in [-0.25, -0.2) is 0 Å².